The third-order valence-corrected chi connectivity index (χ3v) is 17.0. The van der Waals surface area contributed by atoms with Gasteiger partial charge in [-0.05, 0) is 112 Å². The van der Waals surface area contributed by atoms with Crippen LogP contribution in [0.5, 0.6) is 0 Å². The second-order valence-corrected chi connectivity index (χ2v) is 25.4. The molecule has 49 radical (unpaired) electrons. The summed E-state index contributed by atoms with van der Waals surface area (Å²) in [6.45, 7) is 10.7. The normalized spacial score (nSPS) is 9.80. The zero-order chi connectivity index (χ0) is 72.9. The van der Waals surface area contributed by atoms with Crippen molar-refractivity contribution in [2.24, 2.45) is 0 Å². The van der Waals surface area contributed by atoms with E-state index in [0.29, 0.717) is 36.5 Å². The van der Waals surface area contributed by atoms with Crippen LogP contribution in [0, 0.1) is 27.7 Å². The molecule has 4 rings (SSSR count). The van der Waals surface area contributed by atoms with E-state index in [4.69, 9.17) is 215 Å². The number of hydrogen-bond acceptors (Lipinski definition) is 11. The largest absolute Gasteiger partial charge is 0.490 e. The van der Waals surface area contributed by atoms with Crippen molar-refractivity contribution in [2.75, 3.05) is 20.8 Å². The Kier molecular flexibility index (Phi) is 48.6. The number of hydrogen-bond donors (Lipinski definition) is 3. The Morgan fingerprint density at radius 3 is 1.00 bits per heavy atom. The molecule has 0 unspecified atom stereocenters. The Bertz CT molecular complexity index is 2660. The van der Waals surface area contributed by atoms with E-state index < -0.39 is 148 Å². The van der Waals surface area contributed by atoms with Crippen molar-refractivity contribution in [1.82, 2.24) is 19.9 Å². The molecule has 0 bridgehead atoms. The van der Waals surface area contributed by atoms with E-state index >= 15 is 0 Å². The van der Waals surface area contributed by atoms with Gasteiger partial charge in [0.25, 0.3) is 0 Å². The topological polar surface area (TPSA) is 157 Å². The minimum atomic E-state index is -1.47. The lowest BCUT2D eigenvalue weighted by atomic mass is 8.25. The van der Waals surface area contributed by atoms with E-state index in [1.54, 1.807) is 58.8 Å². The van der Waals surface area contributed by atoms with E-state index in [-0.39, 0.29) is 12.6 Å². The first-order valence-corrected chi connectivity index (χ1v) is 31.9. The molecule has 0 saturated carbocycles. The van der Waals surface area contributed by atoms with Gasteiger partial charge in [-0.25, -0.2) is 4.79 Å². The molecule has 4 aromatic rings. The van der Waals surface area contributed by atoms with Crippen LogP contribution in [-0.4, -0.2) is 402 Å². The highest BCUT2D eigenvalue weighted by molar-refractivity contribution is 9.11. The van der Waals surface area contributed by atoms with E-state index in [1.165, 1.54) is 6.20 Å². The van der Waals surface area contributed by atoms with Crippen molar-refractivity contribution < 1.29 is 34.2 Å². The molecule has 0 aromatic carbocycles. The lowest BCUT2D eigenvalue weighted by Crippen LogP contribution is -2.94. The van der Waals surface area contributed by atoms with Crippen molar-refractivity contribution in [3.8, 4) is 0 Å². The first-order valence-electron chi connectivity index (χ1n) is 29.5. The van der Waals surface area contributed by atoms with Crippen molar-refractivity contribution in [2.45, 2.75) is 54.4 Å². The van der Waals surface area contributed by atoms with Gasteiger partial charge in [0.05, 0.1) is 37.7 Å². The standard InChI is InChI=1S/C9H10BrNO2.C8H12BNO3.C8H10BrNO.C7H8BrNO.B47/c1-3-13-9(12)8-4-7(10)5-11-6(8)2;1-6-7(5-13-2)3-8(4-10-6)9(11)12;1-6-7(5-11-2)3-8(9)4-10-6;1-5-6(4-10)2-7(8)3-9-5;1-25-37(24)43(36(22)23)46(42(34(18)19)35(20)21)47(44(38(26(2)3)27(4)5)39(28(6)7)29(8)9)45(40(30(10)11)31(12)13)41(32(14)15)33(16)17/h4-5H,3H2,1-2H3;3-4,11-12H,5H2,1-2H3;3-4H,5H2,1-2H3;2-3,10H,4H2,1H3;. The van der Waals surface area contributed by atoms with Crippen molar-refractivity contribution in [3.05, 3.63) is 108 Å². The van der Waals surface area contributed by atoms with Gasteiger partial charge in [-0.2, -0.15) is 0 Å². The molecule has 11 nitrogen and oxygen atoms in total. The zero-order valence-corrected chi connectivity index (χ0v) is 59.3. The number of aliphatic hydroxyl groups excluding tert-OH is 1. The van der Waals surface area contributed by atoms with Crippen LogP contribution in [0.25, 0.3) is 0 Å². The second-order valence-electron chi connectivity index (χ2n) is 22.6. The number of nitrogens with zero attached hydrogens (tertiary/aromatic N) is 4. The fourth-order valence-corrected chi connectivity index (χ4v) is 12.4. The van der Waals surface area contributed by atoms with Gasteiger partial charge in [0, 0.05) is 414 Å². The molecule has 0 fully saturated rings. The number of methoxy groups -OCH3 is 2. The highest BCUT2D eigenvalue weighted by Gasteiger charge is 2.59. The SMILES string of the molecule is CCOC(=O)c1cc(Br)cnc1C.COCc1cc(B(O)O)cnc1C.COCc1cc(Br)cnc1C.Cc1ncc(Br)cc1CO.[B][B]B([B])B(B([B])[B])B(B(B([B])[B])B([B])[B])B(B(B(B([B])[B])B([B])[B])B(B([B])[B])B([B])[B])B(B(B([B])[B])B([B])[B])B(B([B])[B])B([B])[B]. The number of aromatic nitrogens is 4. The molecular formula is C32H40B48Br3N4O7. The molecule has 4 heterocycles. The van der Waals surface area contributed by atoms with E-state index in [9.17, 15) is 4.79 Å². The van der Waals surface area contributed by atoms with Crippen LogP contribution in [0.15, 0.2) is 62.5 Å². The maximum atomic E-state index is 11.3. The van der Waals surface area contributed by atoms with Crippen molar-refractivity contribution >= 4 is 400 Å². The van der Waals surface area contributed by atoms with Crippen LogP contribution in [0.1, 0.15) is 56.7 Å². The van der Waals surface area contributed by atoms with Gasteiger partial charge >= 0.3 is 13.1 Å². The lowest BCUT2D eigenvalue weighted by Gasteiger charge is -2.56. The quantitative estimate of drug-likeness (QED) is 0.0337. The summed E-state index contributed by atoms with van der Waals surface area (Å²) in [7, 11) is 156. The number of esters is 1. The van der Waals surface area contributed by atoms with Gasteiger partial charge in [0.1, 0.15) is 0 Å². The highest BCUT2D eigenvalue weighted by Crippen LogP contribution is 2.22. The minimum Gasteiger partial charge on any atom is -0.462 e. The molecule has 62 heteroatoms. The molecule has 0 aliphatic heterocycles. The summed E-state index contributed by atoms with van der Waals surface area (Å²) >= 11 is 9.86. The van der Waals surface area contributed by atoms with Gasteiger partial charge in [0.15, 0.2) is 0 Å². The molecule has 94 heavy (non-hydrogen) atoms. The summed E-state index contributed by atoms with van der Waals surface area (Å²) < 4.78 is 17.5. The van der Waals surface area contributed by atoms with Gasteiger partial charge < -0.3 is 29.4 Å². The molecular weight excluding hydrogens is 1310 g/mol. The van der Waals surface area contributed by atoms with E-state index in [2.05, 4.69) is 67.7 Å². The number of halogens is 3. The molecule has 4 aromatic heterocycles. The van der Waals surface area contributed by atoms with Crippen LogP contribution in [0.2, 0.25) is 0 Å². The summed E-state index contributed by atoms with van der Waals surface area (Å²) in [5, 5.41) is 26.5. The molecule has 0 atom stereocenters. The molecule has 0 aliphatic carbocycles. The monoisotopic (exact) mass is 1360 g/mol. The molecule has 3 N–H and O–H groups in total. The van der Waals surface area contributed by atoms with Crippen molar-refractivity contribution in [3.63, 3.8) is 0 Å². The summed E-state index contributed by atoms with van der Waals surface area (Å²) in [6, 6.07) is 7.27. The fourth-order valence-electron chi connectivity index (χ4n) is 11.4. The maximum absolute atomic E-state index is 11.3. The summed E-state index contributed by atoms with van der Waals surface area (Å²) in [6.07, 6.45) is -20.3. The Labute approximate surface area is 630 Å². The van der Waals surface area contributed by atoms with Crippen LogP contribution >= 0.6 is 47.8 Å². The zero-order valence-electron chi connectivity index (χ0n) is 54.6. The third kappa shape index (κ3) is 31.2. The molecule has 0 amide bonds. The average Bonchev–Trinajstić information content (AvgIpc) is 0.739. The molecule has 0 saturated heterocycles. The predicted octanol–water partition coefficient (Wildman–Crippen LogP) is -12.4. The Hall–Kier alpha value is 0.427. The number of carbonyl (C=O) groups excluding carboxylic acids is 1. The molecule has 0 aliphatic rings. The highest BCUT2D eigenvalue weighted by atomic mass is 79.9. The summed E-state index contributed by atoms with van der Waals surface area (Å²) in [5.74, 6) is -0.325. The number of aliphatic hydroxyl groups is 1. The lowest BCUT2D eigenvalue weighted by molar-refractivity contribution is 0.0524. The fraction of sp³-hybridized carbons (Fsp3) is 0.344. The molecule has 0 spiro atoms. The van der Waals surface area contributed by atoms with Gasteiger partial charge in [-0.3, -0.25) is 19.9 Å². The number of pyridine rings is 4. The number of carbonyl (C=O) groups is 1. The number of aryl methyl sites for hydroxylation is 4. The van der Waals surface area contributed by atoms with Gasteiger partial charge in [0.2, 0.25) is 0 Å². The Balaban J connectivity index is 0.00000144. The smallest absolute Gasteiger partial charge is 0.462 e. The molecule has 395 valence electrons. The van der Waals surface area contributed by atoms with Crippen LogP contribution in [0.3, 0.4) is 0 Å². The van der Waals surface area contributed by atoms with E-state index in [1.807, 2.05) is 32.9 Å². The van der Waals surface area contributed by atoms with Crippen LogP contribution < -0.4 is 5.46 Å². The summed E-state index contributed by atoms with van der Waals surface area (Å²) in [5.41, 5.74) is 7.19. The van der Waals surface area contributed by atoms with Crippen LogP contribution in [0.4, 0.5) is 0 Å². The minimum absolute atomic E-state index is 0.0538. The Morgan fingerprint density at radius 2 is 0.713 bits per heavy atom. The predicted molar refractivity (Wildman–Crippen MR) is 463 cm³/mol. The van der Waals surface area contributed by atoms with Gasteiger partial charge in [-0.15, -0.1) is 0 Å². The number of ether oxygens (including phenoxy) is 3. The van der Waals surface area contributed by atoms with Crippen molar-refractivity contribution in [1.29, 1.82) is 0 Å². The average molecular weight is 1350 g/mol. The third-order valence-electron chi connectivity index (χ3n) is 15.7. The second kappa shape index (κ2) is 48.4. The first kappa shape index (κ1) is 94.4. The Morgan fingerprint density at radius 1 is 0.436 bits per heavy atom. The summed E-state index contributed by atoms with van der Waals surface area (Å²) in [4.78, 5) is 27.6. The van der Waals surface area contributed by atoms with Crippen LogP contribution in [-0.2, 0) is 34.0 Å². The maximum Gasteiger partial charge on any atom is 0.490 e. The first-order chi connectivity index (χ1) is 43.7. The van der Waals surface area contributed by atoms with E-state index in [0.717, 1.165) is 54.3 Å². The van der Waals surface area contributed by atoms with Gasteiger partial charge in [-0.1, -0.05) is 6.07 Å². The number of rotatable bonds is 30.